The Morgan fingerprint density at radius 2 is 2.16 bits per heavy atom. The third-order valence-corrected chi connectivity index (χ3v) is 4.31. The predicted molar refractivity (Wildman–Crippen MR) is 98.1 cm³/mol. The second-order valence-corrected chi connectivity index (χ2v) is 6.22. The fraction of sp³-hybridized carbons (Fsp3) is 0.526. The van der Waals surface area contributed by atoms with Gasteiger partial charge in [0.2, 0.25) is 6.79 Å². The first kappa shape index (κ1) is 17.6. The predicted octanol–water partition coefficient (Wildman–Crippen LogP) is 2.55. The highest BCUT2D eigenvalue weighted by atomic mass is 16.7. The summed E-state index contributed by atoms with van der Waals surface area (Å²) < 4.78 is 16.2. The third kappa shape index (κ3) is 4.89. The van der Waals surface area contributed by atoms with E-state index < -0.39 is 0 Å². The van der Waals surface area contributed by atoms with Gasteiger partial charge < -0.3 is 24.4 Å². The fourth-order valence-corrected chi connectivity index (χ4v) is 2.96. The summed E-state index contributed by atoms with van der Waals surface area (Å²) in [4.78, 5) is 6.91. The van der Waals surface area contributed by atoms with Crippen molar-refractivity contribution in [2.75, 3.05) is 40.1 Å². The van der Waals surface area contributed by atoms with Gasteiger partial charge in [0.1, 0.15) is 0 Å². The van der Waals surface area contributed by atoms with Crippen LogP contribution in [0.25, 0.3) is 0 Å². The second kappa shape index (κ2) is 8.76. The zero-order valence-electron chi connectivity index (χ0n) is 15.1. The Bertz CT molecular complexity index is 643. The molecule has 1 aromatic rings. The first-order chi connectivity index (χ1) is 12.3. The van der Waals surface area contributed by atoms with Gasteiger partial charge in [-0.15, -0.1) is 0 Å². The summed E-state index contributed by atoms with van der Waals surface area (Å²) in [7, 11) is 2.06. The van der Waals surface area contributed by atoms with Crippen LogP contribution in [0.1, 0.15) is 25.3 Å². The van der Waals surface area contributed by atoms with Gasteiger partial charge in [-0.2, -0.15) is 0 Å². The largest absolute Gasteiger partial charge is 0.454 e. The summed E-state index contributed by atoms with van der Waals surface area (Å²) >= 11 is 0. The molecule has 6 nitrogen and oxygen atoms in total. The molecule has 2 aliphatic heterocycles. The molecule has 0 radical (unpaired) electrons. The van der Waals surface area contributed by atoms with E-state index in [1.165, 1.54) is 11.1 Å². The summed E-state index contributed by atoms with van der Waals surface area (Å²) in [5.74, 6) is 2.56. The first-order valence-electron chi connectivity index (χ1n) is 8.90. The number of hydrogen-bond donors (Lipinski definition) is 1. The normalized spacial score (nSPS) is 16.6. The quantitative estimate of drug-likeness (QED) is 0.488. The zero-order valence-corrected chi connectivity index (χ0v) is 15.1. The van der Waals surface area contributed by atoms with Gasteiger partial charge in [-0.3, -0.25) is 4.99 Å². The maximum absolute atomic E-state index is 5.46. The monoisotopic (exact) mass is 345 g/mol. The molecule has 1 aromatic carbocycles. The van der Waals surface area contributed by atoms with Gasteiger partial charge >= 0.3 is 0 Å². The van der Waals surface area contributed by atoms with E-state index in [0.717, 1.165) is 63.1 Å². The number of ether oxygens (including phenoxy) is 3. The molecule has 0 aromatic heterocycles. The molecular weight excluding hydrogens is 318 g/mol. The van der Waals surface area contributed by atoms with Crippen LogP contribution in [0.15, 0.2) is 34.8 Å². The van der Waals surface area contributed by atoms with Crippen LogP contribution in [0.4, 0.5) is 0 Å². The molecule has 0 fully saturated rings. The molecule has 0 bridgehead atoms. The molecule has 136 valence electrons. The highest BCUT2D eigenvalue weighted by Gasteiger charge is 2.14. The number of rotatable bonds is 6. The molecule has 0 unspecified atom stereocenters. The molecule has 1 N–H and O–H groups in total. The average molecular weight is 345 g/mol. The molecule has 2 aliphatic rings. The lowest BCUT2D eigenvalue weighted by atomic mass is 10.1. The van der Waals surface area contributed by atoms with Crippen molar-refractivity contribution in [2.45, 2.75) is 26.3 Å². The SMILES string of the molecule is CCNC(=NCCC1=CCOCC1)N(C)Cc1ccc2c(c1)OCO2. The minimum absolute atomic E-state index is 0.305. The molecule has 0 saturated heterocycles. The number of nitrogens with one attached hydrogen (secondary N) is 1. The van der Waals surface area contributed by atoms with E-state index in [2.05, 4.69) is 36.3 Å². The summed E-state index contributed by atoms with van der Waals surface area (Å²) in [5, 5.41) is 3.37. The number of guanidine groups is 1. The van der Waals surface area contributed by atoms with Gasteiger partial charge in [0.25, 0.3) is 0 Å². The topological polar surface area (TPSA) is 55.3 Å². The van der Waals surface area contributed by atoms with Gasteiger partial charge in [-0.1, -0.05) is 17.7 Å². The lowest BCUT2D eigenvalue weighted by molar-refractivity contribution is 0.153. The highest BCUT2D eigenvalue weighted by molar-refractivity contribution is 5.79. The van der Waals surface area contributed by atoms with Gasteiger partial charge in [0.05, 0.1) is 13.2 Å². The number of nitrogens with zero attached hydrogens (tertiary/aromatic N) is 2. The summed E-state index contributed by atoms with van der Waals surface area (Å²) in [6.45, 7) is 6.37. The van der Waals surface area contributed by atoms with E-state index in [9.17, 15) is 0 Å². The molecule has 0 aliphatic carbocycles. The zero-order chi connectivity index (χ0) is 17.5. The summed E-state index contributed by atoms with van der Waals surface area (Å²) in [5.41, 5.74) is 2.62. The lowest BCUT2D eigenvalue weighted by Crippen LogP contribution is -2.38. The van der Waals surface area contributed by atoms with Crippen LogP contribution >= 0.6 is 0 Å². The van der Waals surface area contributed by atoms with Gasteiger partial charge in [-0.25, -0.2) is 0 Å². The molecule has 0 amide bonds. The number of benzene rings is 1. The minimum Gasteiger partial charge on any atom is -0.454 e. The number of hydrogen-bond acceptors (Lipinski definition) is 4. The third-order valence-electron chi connectivity index (χ3n) is 4.31. The van der Waals surface area contributed by atoms with Crippen LogP contribution in [0.3, 0.4) is 0 Å². The van der Waals surface area contributed by atoms with E-state index >= 15 is 0 Å². The van der Waals surface area contributed by atoms with Gasteiger partial charge in [0.15, 0.2) is 17.5 Å². The maximum Gasteiger partial charge on any atom is 0.231 e. The smallest absolute Gasteiger partial charge is 0.231 e. The van der Waals surface area contributed by atoms with Crippen molar-refractivity contribution in [1.29, 1.82) is 0 Å². The van der Waals surface area contributed by atoms with Gasteiger partial charge in [-0.05, 0) is 37.5 Å². The van der Waals surface area contributed by atoms with E-state index in [4.69, 9.17) is 19.2 Å². The Balaban J connectivity index is 1.58. The van der Waals surface area contributed by atoms with Gasteiger partial charge in [0, 0.05) is 26.7 Å². The summed E-state index contributed by atoms with van der Waals surface area (Å²) in [6.07, 6.45) is 4.21. The maximum atomic E-state index is 5.46. The van der Waals surface area contributed by atoms with Crippen molar-refractivity contribution in [2.24, 2.45) is 4.99 Å². The van der Waals surface area contributed by atoms with Crippen molar-refractivity contribution in [1.82, 2.24) is 10.2 Å². The standard InChI is InChI=1S/C19H27N3O3/c1-3-20-19(21-9-6-15-7-10-23-11-8-15)22(2)13-16-4-5-17-18(12-16)25-14-24-17/h4-5,7,12H,3,6,8-11,13-14H2,1-2H3,(H,20,21). The summed E-state index contributed by atoms with van der Waals surface area (Å²) in [6, 6.07) is 6.07. The van der Waals surface area contributed by atoms with Crippen molar-refractivity contribution >= 4 is 5.96 Å². The molecule has 6 heteroatoms. The van der Waals surface area contributed by atoms with Crippen LogP contribution < -0.4 is 14.8 Å². The molecule has 0 atom stereocenters. The molecule has 2 heterocycles. The van der Waals surface area contributed by atoms with E-state index in [1.807, 2.05) is 12.1 Å². The Morgan fingerprint density at radius 3 is 2.96 bits per heavy atom. The van der Waals surface area contributed by atoms with E-state index in [0.29, 0.717) is 6.79 Å². The van der Waals surface area contributed by atoms with Crippen LogP contribution in [0.5, 0.6) is 11.5 Å². The van der Waals surface area contributed by atoms with Crippen LogP contribution in [0.2, 0.25) is 0 Å². The molecule has 0 saturated carbocycles. The van der Waals surface area contributed by atoms with Crippen LogP contribution in [-0.4, -0.2) is 51.0 Å². The van der Waals surface area contributed by atoms with Crippen molar-refractivity contribution in [3.05, 3.63) is 35.4 Å². The number of fused-ring (bicyclic) bond motifs is 1. The van der Waals surface area contributed by atoms with E-state index in [-0.39, 0.29) is 0 Å². The first-order valence-corrected chi connectivity index (χ1v) is 8.90. The lowest BCUT2D eigenvalue weighted by Gasteiger charge is -2.22. The number of aliphatic imine (C=N–C) groups is 1. The van der Waals surface area contributed by atoms with Crippen LogP contribution in [0, 0.1) is 0 Å². The minimum atomic E-state index is 0.305. The Morgan fingerprint density at radius 1 is 1.28 bits per heavy atom. The molecule has 3 rings (SSSR count). The Labute approximate surface area is 149 Å². The Hall–Kier alpha value is -2.21. The second-order valence-electron chi connectivity index (χ2n) is 6.22. The van der Waals surface area contributed by atoms with Crippen molar-refractivity contribution in [3.63, 3.8) is 0 Å². The molecule has 25 heavy (non-hydrogen) atoms. The molecular formula is C19H27N3O3. The van der Waals surface area contributed by atoms with Crippen molar-refractivity contribution in [3.8, 4) is 11.5 Å². The van der Waals surface area contributed by atoms with Crippen LogP contribution in [-0.2, 0) is 11.3 Å². The fourth-order valence-electron chi connectivity index (χ4n) is 2.96. The highest BCUT2D eigenvalue weighted by Crippen LogP contribution is 2.32. The van der Waals surface area contributed by atoms with Crippen molar-refractivity contribution < 1.29 is 14.2 Å². The average Bonchev–Trinajstić information content (AvgIpc) is 3.09. The van der Waals surface area contributed by atoms with E-state index in [1.54, 1.807) is 0 Å². The Kier molecular flexibility index (Phi) is 6.17. The molecule has 0 spiro atoms.